The molecule has 1 saturated heterocycles. The number of rotatable bonds is 6. The van der Waals surface area contributed by atoms with Crippen molar-refractivity contribution in [2.24, 2.45) is 0 Å². The Morgan fingerprint density at radius 3 is 2.74 bits per heavy atom. The van der Waals surface area contributed by atoms with Crippen LogP contribution in [0, 0.1) is 5.82 Å². The largest absolute Gasteiger partial charge is 0.378 e. The van der Waals surface area contributed by atoms with Crippen LogP contribution in [0.2, 0.25) is 0 Å². The molecule has 0 radical (unpaired) electrons. The van der Waals surface area contributed by atoms with Gasteiger partial charge in [-0.1, -0.05) is 34.1 Å². The minimum absolute atomic E-state index is 0.174. The van der Waals surface area contributed by atoms with Crippen LogP contribution in [0.5, 0.6) is 0 Å². The number of carbonyl (C=O) groups excluding carboxylic acids is 1. The number of ether oxygens (including phenoxy) is 1. The summed E-state index contributed by atoms with van der Waals surface area (Å²) in [4.78, 5) is 16.5. The summed E-state index contributed by atoms with van der Waals surface area (Å²) in [7, 11) is 1.88. The first-order chi connectivity index (χ1) is 13.0. The average molecular weight is 436 g/mol. The van der Waals surface area contributed by atoms with Crippen LogP contribution in [0.4, 0.5) is 15.8 Å². The highest BCUT2D eigenvalue weighted by molar-refractivity contribution is 9.10. The maximum atomic E-state index is 13.9. The summed E-state index contributed by atoms with van der Waals surface area (Å²) < 4.78 is 19.9. The van der Waals surface area contributed by atoms with Gasteiger partial charge in [-0.2, -0.15) is 0 Å². The fourth-order valence-electron chi connectivity index (χ4n) is 3.13. The number of hydrogen-bond donors (Lipinski definition) is 1. The lowest BCUT2D eigenvalue weighted by atomic mass is 10.1. The molecule has 2 aromatic rings. The standard InChI is InChI=1S/C20H23BrFN3O2/c1-24(14-20(26)23-18-7-6-16(21)12-17(18)22)13-15-4-2-3-5-19(15)25-8-10-27-11-9-25/h2-7,12H,8-11,13-14H2,1H3,(H,23,26). The van der Waals surface area contributed by atoms with E-state index in [1.165, 1.54) is 11.8 Å². The number of anilines is 2. The molecule has 1 fully saturated rings. The lowest BCUT2D eigenvalue weighted by molar-refractivity contribution is -0.117. The molecule has 0 aromatic heterocycles. The number of benzene rings is 2. The number of nitrogens with one attached hydrogen (secondary N) is 1. The van der Waals surface area contributed by atoms with Crippen molar-refractivity contribution in [1.82, 2.24) is 4.90 Å². The van der Waals surface area contributed by atoms with Gasteiger partial charge in [0.2, 0.25) is 5.91 Å². The first-order valence-electron chi connectivity index (χ1n) is 8.87. The predicted molar refractivity (Wildman–Crippen MR) is 109 cm³/mol. The molecule has 1 heterocycles. The van der Waals surface area contributed by atoms with Gasteiger partial charge in [0.15, 0.2) is 0 Å². The Labute approximate surface area is 167 Å². The number of amides is 1. The molecule has 144 valence electrons. The second-order valence-electron chi connectivity index (χ2n) is 6.57. The third-order valence-electron chi connectivity index (χ3n) is 4.40. The molecule has 0 bridgehead atoms. The summed E-state index contributed by atoms with van der Waals surface area (Å²) in [6.07, 6.45) is 0. The molecular weight excluding hydrogens is 413 g/mol. The van der Waals surface area contributed by atoms with E-state index in [4.69, 9.17) is 4.74 Å². The smallest absolute Gasteiger partial charge is 0.238 e. The van der Waals surface area contributed by atoms with Crippen molar-refractivity contribution in [2.75, 3.05) is 50.1 Å². The van der Waals surface area contributed by atoms with E-state index < -0.39 is 5.82 Å². The predicted octanol–water partition coefficient (Wildman–Crippen LogP) is 3.50. The first kappa shape index (κ1) is 19.8. The van der Waals surface area contributed by atoms with Crippen molar-refractivity contribution in [2.45, 2.75) is 6.54 Å². The molecule has 5 nitrogen and oxygen atoms in total. The third-order valence-corrected chi connectivity index (χ3v) is 4.90. The van der Waals surface area contributed by atoms with Gasteiger partial charge in [0.1, 0.15) is 5.82 Å². The molecule has 7 heteroatoms. The van der Waals surface area contributed by atoms with E-state index in [0.717, 1.165) is 31.9 Å². The zero-order valence-corrected chi connectivity index (χ0v) is 16.8. The van der Waals surface area contributed by atoms with E-state index in [0.29, 0.717) is 11.0 Å². The fourth-order valence-corrected chi connectivity index (χ4v) is 3.46. The second-order valence-corrected chi connectivity index (χ2v) is 7.49. The number of hydrogen-bond acceptors (Lipinski definition) is 4. The highest BCUT2D eigenvalue weighted by Gasteiger charge is 2.16. The zero-order valence-electron chi connectivity index (χ0n) is 15.3. The SMILES string of the molecule is CN(CC(=O)Nc1ccc(Br)cc1F)Cc1ccccc1N1CCOCC1. The number of carbonyl (C=O) groups is 1. The summed E-state index contributed by atoms with van der Waals surface area (Å²) in [5.74, 6) is -0.708. The molecule has 2 aromatic carbocycles. The summed E-state index contributed by atoms with van der Waals surface area (Å²) >= 11 is 3.21. The van der Waals surface area contributed by atoms with Gasteiger partial charge in [-0.3, -0.25) is 9.69 Å². The number of para-hydroxylation sites is 1. The van der Waals surface area contributed by atoms with Crippen LogP contribution in [0.15, 0.2) is 46.9 Å². The summed E-state index contributed by atoms with van der Waals surface area (Å²) in [5.41, 5.74) is 2.52. The summed E-state index contributed by atoms with van der Waals surface area (Å²) in [6, 6.07) is 12.8. The average Bonchev–Trinajstić information content (AvgIpc) is 2.65. The zero-order chi connectivity index (χ0) is 19.2. The van der Waals surface area contributed by atoms with Gasteiger partial charge in [0.25, 0.3) is 0 Å². The van der Waals surface area contributed by atoms with Crippen LogP contribution in [-0.2, 0) is 16.1 Å². The number of nitrogens with zero attached hydrogens (tertiary/aromatic N) is 2. The van der Waals surface area contributed by atoms with Gasteiger partial charge in [0, 0.05) is 29.8 Å². The van der Waals surface area contributed by atoms with Crippen LogP contribution >= 0.6 is 15.9 Å². The Hall–Kier alpha value is -1.96. The first-order valence-corrected chi connectivity index (χ1v) is 9.66. The molecule has 1 N–H and O–H groups in total. The van der Waals surface area contributed by atoms with Gasteiger partial charge in [0.05, 0.1) is 25.4 Å². The molecule has 0 atom stereocenters. The van der Waals surface area contributed by atoms with Crippen LogP contribution in [0.1, 0.15) is 5.56 Å². The second kappa shape index (κ2) is 9.30. The van der Waals surface area contributed by atoms with Crippen molar-refractivity contribution >= 4 is 33.2 Å². The lowest BCUT2D eigenvalue weighted by Crippen LogP contribution is -2.37. The van der Waals surface area contributed by atoms with E-state index in [1.54, 1.807) is 12.1 Å². The van der Waals surface area contributed by atoms with Gasteiger partial charge >= 0.3 is 0 Å². The molecule has 0 saturated carbocycles. The molecule has 0 spiro atoms. The third kappa shape index (κ3) is 5.51. The molecule has 27 heavy (non-hydrogen) atoms. The maximum Gasteiger partial charge on any atom is 0.238 e. The minimum atomic E-state index is -0.460. The van der Waals surface area contributed by atoms with Crippen molar-refractivity contribution in [3.8, 4) is 0 Å². The monoisotopic (exact) mass is 435 g/mol. The quantitative estimate of drug-likeness (QED) is 0.753. The van der Waals surface area contributed by atoms with Crippen molar-refractivity contribution in [1.29, 1.82) is 0 Å². The summed E-state index contributed by atoms with van der Waals surface area (Å²) in [6.45, 7) is 3.99. The summed E-state index contributed by atoms with van der Waals surface area (Å²) in [5, 5.41) is 2.63. The number of likely N-dealkylation sites (N-methyl/N-ethyl adjacent to an activating group) is 1. The van der Waals surface area contributed by atoms with Gasteiger partial charge in [-0.05, 0) is 36.9 Å². The number of morpholine rings is 1. The number of halogens is 2. The normalized spacial score (nSPS) is 14.4. The van der Waals surface area contributed by atoms with Gasteiger partial charge in [-0.25, -0.2) is 4.39 Å². The van der Waals surface area contributed by atoms with Gasteiger partial charge < -0.3 is 15.0 Å². The molecule has 1 aliphatic rings. The van der Waals surface area contributed by atoms with E-state index >= 15 is 0 Å². The Balaban J connectivity index is 1.60. The van der Waals surface area contributed by atoms with Crippen LogP contribution in [0.3, 0.4) is 0 Å². The molecule has 1 amide bonds. The van der Waals surface area contributed by atoms with Crippen LogP contribution < -0.4 is 10.2 Å². The Bertz CT molecular complexity index is 797. The lowest BCUT2D eigenvalue weighted by Gasteiger charge is -2.31. The molecule has 1 aliphatic heterocycles. The van der Waals surface area contributed by atoms with E-state index in [-0.39, 0.29) is 18.1 Å². The molecule has 0 unspecified atom stereocenters. The van der Waals surface area contributed by atoms with E-state index in [9.17, 15) is 9.18 Å². The minimum Gasteiger partial charge on any atom is -0.378 e. The van der Waals surface area contributed by atoms with E-state index in [1.807, 2.05) is 24.1 Å². The Morgan fingerprint density at radius 1 is 1.26 bits per heavy atom. The van der Waals surface area contributed by atoms with Crippen molar-refractivity contribution in [3.63, 3.8) is 0 Å². The van der Waals surface area contributed by atoms with Crippen molar-refractivity contribution < 1.29 is 13.9 Å². The van der Waals surface area contributed by atoms with Crippen LogP contribution in [-0.4, -0.2) is 50.7 Å². The Morgan fingerprint density at radius 2 is 2.00 bits per heavy atom. The highest BCUT2D eigenvalue weighted by Crippen LogP contribution is 2.23. The highest BCUT2D eigenvalue weighted by atomic mass is 79.9. The Kier molecular flexibility index (Phi) is 6.82. The molecular formula is C20H23BrFN3O2. The van der Waals surface area contributed by atoms with Crippen molar-refractivity contribution in [3.05, 3.63) is 58.3 Å². The topological polar surface area (TPSA) is 44.8 Å². The maximum absolute atomic E-state index is 13.9. The van der Waals surface area contributed by atoms with Crippen LogP contribution in [0.25, 0.3) is 0 Å². The van der Waals surface area contributed by atoms with E-state index in [2.05, 4.69) is 38.3 Å². The molecule has 0 aliphatic carbocycles. The fraction of sp³-hybridized carbons (Fsp3) is 0.350. The van der Waals surface area contributed by atoms with Gasteiger partial charge in [-0.15, -0.1) is 0 Å². The molecule has 3 rings (SSSR count).